The van der Waals surface area contributed by atoms with Crippen LogP contribution >= 0.6 is 27.3 Å². The number of rotatable bonds is 4. The van der Waals surface area contributed by atoms with Crippen molar-refractivity contribution in [3.63, 3.8) is 0 Å². The van der Waals surface area contributed by atoms with E-state index in [2.05, 4.69) is 46.2 Å². The molecule has 0 aliphatic rings. The van der Waals surface area contributed by atoms with Gasteiger partial charge in [0.15, 0.2) is 5.96 Å². The van der Waals surface area contributed by atoms with Crippen molar-refractivity contribution in [2.45, 2.75) is 20.4 Å². The molecule has 84 valence electrons. The highest BCUT2D eigenvalue weighted by Gasteiger charge is 1.98. The molecule has 1 aromatic rings. The molecule has 1 rings (SSSR count). The molecule has 0 radical (unpaired) electrons. The number of nitrogens with zero attached hydrogens (tertiary/aromatic N) is 1. The van der Waals surface area contributed by atoms with Gasteiger partial charge in [-0.1, -0.05) is 13.8 Å². The van der Waals surface area contributed by atoms with Gasteiger partial charge in [-0.05, 0) is 27.9 Å². The van der Waals surface area contributed by atoms with Crippen LogP contribution in [0.5, 0.6) is 0 Å². The van der Waals surface area contributed by atoms with E-state index in [0.717, 1.165) is 11.0 Å². The van der Waals surface area contributed by atoms with Crippen LogP contribution in [0.4, 0.5) is 0 Å². The first kappa shape index (κ1) is 12.5. The molecule has 0 bridgehead atoms. The topological polar surface area (TPSA) is 50.4 Å². The molecule has 0 amide bonds. The van der Waals surface area contributed by atoms with Crippen molar-refractivity contribution in [1.29, 1.82) is 0 Å². The van der Waals surface area contributed by atoms with Gasteiger partial charge in [-0.15, -0.1) is 11.3 Å². The second kappa shape index (κ2) is 6.12. The van der Waals surface area contributed by atoms with Crippen LogP contribution in [0.3, 0.4) is 0 Å². The number of guanidine groups is 1. The van der Waals surface area contributed by atoms with Crippen LogP contribution in [-0.4, -0.2) is 12.5 Å². The fourth-order valence-corrected chi connectivity index (χ4v) is 2.34. The normalized spacial score (nSPS) is 12.1. The van der Waals surface area contributed by atoms with Crippen LogP contribution in [0.25, 0.3) is 0 Å². The van der Waals surface area contributed by atoms with E-state index in [-0.39, 0.29) is 0 Å². The molecule has 1 aromatic heterocycles. The minimum absolute atomic E-state index is 0.522. The Kier molecular flexibility index (Phi) is 5.11. The van der Waals surface area contributed by atoms with Crippen molar-refractivity contribution in [3.8, 4) is 0 Å². The Balaban J connectivity index is 2.36. The van der Waals surface area contributed by atoms with E-state index in [1.54, 1.807) is 11.3 Å². The molecule has 0 fully saturated rings. The highest BCUT2D eigenvalue weighted by molar-refractivity contribution is 9.10. The molecule has 3 N–H and O–H groups in total. The SMILES string of the molecule is CC(C)CNC(N)=NCc1cc(Br)cs1. The fourth-order valence-electron chi connectivity index (χ4n) is 0.964. The van der Waals surface area contributed by atoms with Crippen molar-refractivity contribution >= 4 is 33.2 Å². The summed E-state index contributed by atoms with van der Waals surface area (Å²) in [6.07, 6.45) is 0. The van der Waals surface area contributed by atoms with Crippen LogP contribution in [0.1, 0.15) is 18.7 Å². The number of nitrogens with two attached hydrogens (primary N) is 1. The van der Waals surface area contributed by atoms with Gasteiger partial charge in [-0.2, -0.15) is 0 Å². The van der Waals surface area contributed by atoms with Gasteiger partial charge in [-0.3, -0.25) is 0 Å². The standard InChI is InChI=1S/C10H16BrN3S/c1-7(2)4-13-10(12)14-5-9-3-8(11)6-15-9/h3,6-7H,4-5H2,1-2H3,(H3,12,13,14). The first-order valence-electron chi connectivity index (χ1n) is 4.84. The van der Waals surface area contributed by atoms with E-state index >= 15 is 0 Å². The average Bonchev–Trinajstić information content (AvgIpc) is 2.58. The van der Waals surface area contributed by atoms with Crippen molar-refractivity contribution in [3.05, 3.63) is 20.8 Å². The molecule has 0 aromatic carbocycles. The molecule has 0 saturated heterocycles. The molecule has 1 heterocycles. The van der Waals surface area contributed by atoms with Gasteiger partial charge in [0, 0.05) is 21.3 Å². The molecule has 0 atom stereocenters. The largest absolute Gasteiger partial charge is 0.370 e. The molecule has 15 heavy (non-hydrogen) atoms. The molecule has 0 aliphatic carbocycles. The van der Waals surface area contributed by atoms with Crippen LogP contribution in [0, 0.1) is 5.92 Å². The lowest BCUT2D eigenvalue weighted by atomic mass is 10.2. The molecule has 0 spiro atoms. The number of thiophene rings is 1. The van der Waals surface area contributed by atoms with Gasteiger partial charge in [0.1, 0.15) is 0 Å². The summed E-state index contributed by atoms with van der Waals surface area (Å²) in [5, 5.41) is 5.12. The summed E-state index contributed by atoms with van der Waals surface area (Å²) in [7, 11) is 0. The Morgan fingerprint density at radius 1 is 1.67 bits per heavy atom. The Hall–Kier alpha value is -0.550. The van der Waals surface area contributed by atoms with Gasteiger partial charge in [0.05, 0.1) is 6.54 Å². The third kappa shape index (κ3) is 5.18. The molecule has 0 aliphatic heterocycles. The van der Waals surface area contributed by atoms with Crippen molar-refractivity contribution < 1.29 is 0 Å². The predicted octanol–water partition coefficient (Wildman–Crippen LogP) is 2.57. The van der Waals surface area contributed by atoms with Crippen molar-refractivity contribution in [2.75, 3.05) is 6.54 Å². The minimum Gasteiger partial charge on any atom is -0.370 e. The number of hydrogen-bond donors (Lipinski definition) is 2. The van der Waals surface area contributed by atoms with E-state index in [1.165, 1.54) is 4.88 Å². The molecular formula is C10H16BrN3S. The van der Waals surface area contributed by atoms with Crippen LogP contribution in [-0.2, 0) is 6.54 Å². The van der Waals surface area contributed by atoms with Gasteiger partial charge >= 0.3 is 0 Å². The molecule has 0 unspecified atom stereocenters. The number of nitrogens with one attached hydrogen (secondary N) is 1. The quantitative estimate of drug-likeness (QED) is 0.661. The van der Waals surface area contributed by atoms with Crippen molar-refractivity contribution in [1.82, 2.24) is 5.32 Å². The first-order valence-corrected chi connectivity index (χ1v) is 6.52. The van der Waals surface area contributed by atoms with Gasteiger partial charge < -0.3 is 11.1 Å². The summed E-state index contributed by atoms with van der Waals surface area (Å²) in [5.41, 5.74) is 5.71. The maximum Gasteiger partial charge on any atom is 0.188 e. The summed E-state index contributed by atoms with van der Waals surface area (Å²) in [4.78, 5) is 5.46. The predicted molar refractivity (Wildman–Crippen MR) is 70.2 cm³/mol. The highest BCUT2D eigenvalue weighted by Crippen LogP contribution is 2.20. The smallest absolute Gasteiger partial charge is 0.188 e. The zero-order valence-electron chi connectivity index (χ0n) is 8.96. The van der Waals surface area contributed by atoms with Crippen LogP contribution in [0.15, 0.2) is 20.9 Å². The Morgan fingerprint density at radius 3 is 2.93 bits per heavy atom. The molecular weight excluding hydrogens is 274 g/mol. The van der Waals surface area contributed by atoms with E-state index < -0.39 is 0 Å². The summed E-state index contributed by atoms with van der Waals surface area (Å²) in [6, 6.07) is 2.06. The lowest BCUT2D eigenvalue weighted by molar-refractivity contribution is 0.622. The Bertz CT molecular complexity index is 333. The minimum atomic E-state index is 0.522. The lowest BCUT2D eigenvalue weighted by Crippen LogP contribution is -2.34. The van der Waals surface area contributed by atoms with E-state index in [0.29, 0.717) is 18.4 Å². The summed E-state index contributed by atoms with van der Waals surface area (Å²) in [5.74, 6) is 1.10. The zero-order chi connectivity index (χ0) is 11.3. The summed E-state index contributed by atoms with van der Waals surface area (Å²) in [6.45, 7) is 5.78. The van der Waals surface area contributed by atoms with Crippen molar-refractivity contribution in [2.24, 2.45) is 16.6 Å². The van der Waals surface area contributed by atoms with E-state index in [4.69, 9.17) is 5.73 Å². The maximum atomic E-state index is 5.71. The molecule has 3 nitrogen and oxygen atoms in total. The summed E-state index contributed by atoms with van der Waals surface area (Å²) >= 11 is 5.08. The zero-order valence-corrected chi connectivity index (χ0v) is 11.4. The van der Waals surface area contributed by atoms with Gasteiger partial charge in [0.25, 0.3) is 0 Å². The third-order valence-electron chi connectivity index (χ3n) is 1.72. The first-order chi connectivity index (χ1) is 7.08. The Morgan fingerprint density at radius 2 is 2.40 bits per heavy atom. The monoisotopic (exact) mass is 289 g/mol. The second-order valence-corrected chi connectivity index (χ2v) is 5.62. The molecule has 0 saturated carbocycles. The van der Waals surface area contributed by atoms with Gasteiger partial charge in [0.2, 0.25) is 0 Å². The van der Waals surface area contributed by atoms with Crippen LogP contribution < -0.4 is 11.1 Å². The second-order valence-electron chi connectivity index (χ2n) is 3.71. The van der Waals surface area contributed by atoms with E-state index in [9.17, 15) is 0 Å². The van der Waals surface area contributed by atoms with Crippen LogP contribution in [0.2, 0.25) is 0 Å². The lowest BCUT2D eigenvalue weighted by Gasteiger charge is -2.07. The highest BCUT2D eigenvalue weighted by atomic mass is 79.9. The number of halogens is 1. The summed E-state index contributed by atoms with van der Waals surface area (Å²) < 4.78 is 1.10. The number of aliphatic imine (C=N–C) groups is 1. The van der Waals surface area contributed by atoms with Gasteiger partial charge in [-0.25, -0.2) is 4.99 Å². The van der Waals surface area contributed by atoms with E-state index in [1.807, 2.05) is 5.38 Å². The average molecular weight is 290 g/mol. The maximum absolute atomic E-state index is 5.71. The molecule has 5 heteroatoms. The third-order valence-corrected chi connectivity index (χ3v) is 3.40. The number of hydrogen-bond acceptors (Lipinski definition) is 2. The Labute approximate surface area is 103 Å². The fraction of sp³-hybridized carbons (Fsp3) is 0.500.